The number of aromatic hydroxyl groups is 1. The quantitative estimate of drug-likeness (QED) is 0.871. The highest BCUT2D eigenvalue weighted by molar-refractivity contribution is 6.04. The second-order valence-corrected chi connectivity index (χ2v) is 5.43. The van der Waals surface area contributed by atoms with Crippen molar-refractivity contribution in [3.63, 3.8) is 0 Å². The maximum Gasteiger partial charge on any atom is 0.255 e. The minimum absolute atomic E-state index is 0.105. The van der Waals surface area contributed by atoms with Crippen LogP contribution in [-0.4, -0.2) is 28.4 Å². The Morgan fingerprint density at radius 3 is 2.32 bits per heavy atom. The first kappa shape index (κ1) is 18.4. The Kier molecular flexibility index (Phi) is 5.69. The lowest BCUT2D eigenvalue weighted by Crippen LogP contribution is -2.28. The third-order valence-corrected chi connectivity index (χ3v) is 3.73. The molecule has 7 heteroatoms. The van der Waals surface area contributed by atoms with Crippen LogP contribution in [-0.2, 0) is 11.3 Å². The van der Waals surface area contributed by atoms with Gasteiger partial charge in [0.2, 0.25) is 5.91 Å². The molecule has 0 saturated carbocycles. The molecule has 0 saturated heterocycles. The maximum absolute atomic E-state index is 13.4. The second-order valence-electron chi connectivity index (χ2n) is 5.43. The van der Waals surface area contributed by atoms with E-state index in [0.717, 1.165) is 12.1 Å². The highest BCUT2D eigenvalue weighted by Crippen LogP contribution is 2.23. The summed E-state index contributed by atoms with van der Waals surface area (Å²) in [6.07, 6.45) is 0. The fourth-order valence-electron chi connectivity index (χ4n) is 2.32. The van der Waals surface area contributed by atoms with E-state index < -0.39 is 23.3 Å². The van der Waals surface area contributed by atoms with Crippen LogP contribution in [0.5, 0.6) is 5.75 Å². The van der Waals surface area contributed by atoms with E-state index in [2.05, 4.69) is 5.32 Å². The van der Waals surface area contributed by atoms with Crippen LogP contribution in [0.15, 0.2) is 36.4 Å². The van der Waals surface area contributed by atoms with Gasteiger partial charge in [0.15, 0.2) is 17.4 Å². The topological polar surface area (TPSA) is 69.6 Å². The number of phenolic OH excluding ortho intramolecular Hbond substituents is 1. The van der Waals surface area contributed by atoms with E-state index in [-0.39, 0.29) is 11.5 Å². The van der Waals surface area contributed by atoms with Crippen molar-refractivity contribution in [2.75, 3.05) is 11.9 Å². The number of benzene rings is 2. The Morgan fingerprint density at radius 2 is 1.76 bits per heavy atom. The van der Waals surface area contributed by atoms with Crippen molar-refractivity contribution in [1.29, 1.82) is 0 Å². The molecule has 0 unspecified atom stereocenters. The zero-order valence-corrected chi connectivity index (χ0v) is 13.8. The molecule has 25 heavy (non-hydrogen) atoms. The first-order valence-corrected chi connectivity index (χ1v) is 7.66. The minimum atomic E-state index is -1.22. The van der Waals surface area contributed by atoms with Gasteiger partial charge in [-0.3, -0.25) is 9.59 Å². The van der Waals surface area contributed by atoms with Gasteiger partial charge in [0.1, 0.15) is 0 Å². The van der Waals surface area contributed by atoms with E-state index in [4.69, 9.17) is 5.11 Å². The Labute approximate surface area is 143 Å². The molecule has 0 heterocycles. The highest BCUT2D eigenvalue weighted by Gasteiger charge is 2.16. The molecule has 0 aliphatic carbocycles. The lowest BCUT2D eigenvalue weighted by molar-refractivity contribution is -0.129. The SMILES string of the molecule is CCN(Cc1ccccc1NC(=O)c1cc(F)c(O)c(F)c1)C(C)=O. The smallest absolute Gasteiger partial charge is 0.255 e. The molecule has 2 rings (SSSR count). The molecule has 0 spiro atoms. The minimum Gasteiger partial charge on any atom is -0.503 e. The highest BCUT2D eigenvalue weighted by atomic mass is 19.1. The van der Waals surface area contributed by atoms with Gasteiger partial charge >= 0.3 is 0 Å². The molecule has 0 aliphatic heterocycles. The molecule has 2 amide bonds. The molecule has 0 atom stereocenters. The lowest BCUT2D eigenvalue weighted by Gasteiger charge is -2.21. The van der Waals surface area contributed by atoms with Gasteiger partial charge in [0.25, 0.3) is 5.91 Å². The predicted octanol–water partition coefficient (Wildman–Crippen LogP) is 3.29. The van der Waals surface area contributed by atoms with Crippen molar-refractivity contribution in [2.45, 2.75) is 20.4 Å². The molecular formula is C18H18F2N2O3. The van der Waals surface area contributed by atoms with E-state index in [1.807, 2.05) is 6.92 Å². The van der Waals surface area contributed by atoms with Crippen LogP contribution in [0, 0.1) is 11.6 Å². The van der Waals surface area contributed by atoms with Crippen LogP contribution in [0.25, 0.3) is 0 Å². The summed E-state index contributed by atoms with van der Waals surface area (Å²) in [7, 11) is 0. The van der Waals surface area contributed by atoms with E-state index in [1.165, 1.54) is 6.92 Å². The Morgan fingerprint density at radius 1 is 1.16 bits per heavy atom. The third kappa shape index (κ3) is 4.32. The normalized spacial score (nSPS) is 10.4. The predicted molar refractivity (Wildman–Crippen MR) is 89.2 cm³/mol. The van der Waals surface area contributed by atoms with Gasteiger partial charge in [-0.25, -0.2) is 8.78 Å². The van der Waals surface area contributed by atoms with Crippen molar-refractivity contribution in [3.8, 4) is 5.75 Å². The fraction of sp³-hybridized carbons (Fsp3) is 0.222. The standard InChI is InChI=1S/C18H18F2N2O3/c1-3-22(11(2)23)10-12-6-4-5-7-16(12)21-18(25)13-8-14(19)17(24)15(20)9-13/h4-9,24H,3,10H2,1-2H3,(H,21,25). The number of phenols is 1. The average Bonchev–Trinajstić information content (AvgIpc) is 2.57. The summed E-state index contributed by atoms with van der Waals surface area (Å²) in [4.78, 5) is 25.4. The van der Waals surface area contributed by atoms with E-state index in [9.17, 15) is 18.4 Å². The summed E-state index contributed by atoms with van der Waals surface area (Å²) in [6, 6.07) is 8.35. The molecule has 2 aromatic carbocycles. The van der Waals surface area contributed by atoms with Crippen molar-refractivity contribution in [3.05, 3.63) is 59.2 Å². The Balaban J connectivity index is 2.26. The van der Waals surface area contributed by atoms with Crippen molar-refractivity contribution >= 4 is 17.5 Å². The molecule has 2 aromatic rings. The lowest BCUT2D eigenvalue weighted by atomic mass is 10.1. The van der Waals surface area contributed by atoms with E-state index in [0.29, 0.717) is 24.3 Å². The number of anilines is 1. The molecule has 0 aliphatic rings. The Bertz CT molecular complexity index is 786. The largest absolute Gasteiger partial charge is 0.503 e. The average molecular weight is 348 g/mol. The van der Waals surface area contributed by atoms with Crippen LogP contribution < -0.4 is 5.32 Å². The monoisotopic (exact) mass is 348 g/mol. The number of amides is 2. The molecule has 2 N–H and O–H groups in total. The number of nitrogens with one attached hydrogen (secondary N) is 1. The molecule has 0 radical (unpaired) electrons. The van der Waals surface area contributed by atoms with Gasteiger partial charge in [-0.1, -0.05) is 18.2 Å². The van der Waals surface area contributed by atoms with Crippen LogP contribution in [0.3, 0.4) is 0 Å². The summed E-state index contributed by atoms with van der Waals surface area (Å²) in [5.74, 6) is -4.39. The van der Waals surface area contributed by atoms with Crippen molar-refractivity contribution < 1.29 is 23.5 Å². The van der Waals surface area contributed by atoms with Gasteiger partial charge in [-0.05, 0) is 30.7 Å². The van der Waals surface area contributed by atoms with Gasteiger partial charge in [-0.2, -0.15) is 0 Å². The maximum atomic E-state index is 13.4. The molecular weight excluding hydrogens is 330 g/mol. The van der Waals surface area contributed by atoms with Crippen molar-refractivity contribution in [2.24, 2.45) is 0 Å². The number of nitrogens with zero attached hydrogens (tertiary/aromatic N) is 1. The third-order valence-electron chi connectivity index (χ3n) is 3.73. The molecule has 0 bridgehead atoms. The number of para-hydroxylation sites is 1. The summed E-state index contributed by atoms with van der Waals surface area (Å²) >= 11 is 0. The number of rotatable bonds is 5. The number of hydrogen-bond donors (Lipinski definition) is 2. The number of carbonyl (C=O) groups excluding carboxylic acids is 2. The molecule has 0 aromatic heterocycles. The molecule has 132 valence electrons. The van der Waals surface area contributed by atoms with Crippen LogP contribution in [0.2, 0.25) is 0 Å². The summed E-state index contributed by atoms with van der Waals surface area (Å²) in [5, 5.41) is 11.7. The van der Waals surface area contributed by atoms with E-state index >= 15 is 0 Å². The van der Waals surface area contributed by atoms with Crippen molar-refractivity contribution in [1.82, 2.24) is 4.90 Å². The zero-order valence-electron chi connectivity index (χ0n) is 13.8. The molecule has 5 nitrogen and oxygen atoms in total. The first-order chi connectivity index (χ1) is 11.8. The number of hydrogen-bond acceptors (Lipinski definition) is 3. The number of halogens is 2. The van der Waals surface area contributed by atoms with Gasteiger partial charge < -0.3 is 15.3 Å². The fourth-order valence-corrected chi connectivity index (χ4v) is 2.32. The first-order valence-electron chi connectivity index (χ1n) is 7.66. The zero-order chi connectivity index (χ0) is 18.6. The van der Waals surface area contributed by atoms with E-state index in [1.54, 1.807) is 29.2 Å². The molecule has 0 fully saturated rings. The Hall–Kier alpha value is -2.96. The van der Waals surface area contributed by atoms with Gasteiger partial charge in [0, 0.05) is 31.3 Å². The van der Waals surface area contributed by atoms with Crippen LogP contribution in [0.4, 0.5) is 14.5 Å². The van der Waals surface area contributed by atoms with Gasteiger partial charge in [-0.15, -0.1) is 0 Å². The van der Waals surface area contributed by atoms with Crippen LogP contribution in [0.1, 0.15) is 29.8 Å². The second kappa shape index (κ2) is 7.74. The number of carbonyl (C=O) groups is 2. The summed E-state index contributed by atoms with van der Waals surface area (Å²) in [6.45, 7) is 4.09. The van der Waals surface area contributed by atoms with Crippen LogP contribution >= 0.6 is 0 Å². The summed E-state index contributed by atoms with van der Waals surface area (Å²) < 4.78 is 26.8. The summed E-state index contributed by atoms with van der Waals surface area (Å²) in [5.41, 5.74) is 0.857. The van der Waals surface area contributed by atoms with Gasteiger partial charge in [0.05, 0.1) is 0 Å².